The van der Waals surface area contributed by atoms with Crippen LogP contribution in [0.4, 0.5) is 31.8 Å². The van der Waals surface area contributed by atoms with E-state index in [0.717, 1.165) is 74.9 Å². The summed E-state index contributed by atoms with van der Waals surface area (Å²) in [4.78, 5) is 31.6. The fraction of sp³-hybridized carbons (Fsp3) is 0.281. The minimum absolute atomic E-state index is 0. The monoisotopic (exact) mass is 1160 g/mol. The fourth-order valence-corrected chi connectivity index (χ4v) is 8.97. The van der Waals surface area contributed by atoms with Crippen molar-refractivity contribution in [3.8, 4) is 33.9 Å². The first-order valence-electron chi connectivity index (χ1n) is 27.3. The number of carboxylic acids is 1. The number of nitrogens with zero attached hydrogens (tertiary/aromatic N) is 6. The van der Waals surface area contributed by atoms with Crippen LogP contribution in [-0.2, 0) is 14.3 Å². The number of benzene rings is 4. The van der Waals surface area contributed by atoms with Gasteiger partial charge in [-0.3, -0.25) is 9.59 Å². The predicted molar refractivity (Wildman–Crippen MR) is 321 cm³/mol. The standard InChI is InChI=1S/C33H37FN4O4.C31H33FN4O4.Ca/c1-4-22(3)32-29(16-15-27(39)20-28(40)21-31(41)42-5-2)33(23-11-13-24(34)14-12-23)38(37-32)26-17-18-35-30(19-26)36-25-9-7-6-8-10-25;1-3-20(2)30-27(14-13-25(37)18-26(38)19-29(39)40)31(21-9-11-22(32)12-10-21)36(35-30)24-15-16-33-28(17-24)34-23-7-5-4-6-8-23;/h6-19,22,27-28,39-40H,4-5,20-21H2,1-3H3,(H,35,36);4-17,20,25-26,37-38H,3,18-19H2,1-2H3,(H,33,34)(H,39,40);/q;;+2/b16-15+;14-13+;/t22?,27-,28-;20?,25-,26-;/m11./s1. The second-order valence-corrected chi connectivity index (χ2v) is 19.8. The maximum absolute atomic E-state index is 13.9. The maximum Gasteiger partial charge on any atom is 2.00 e. The summed E-state index contributed by atoms with van der Waals surface area (Å²) in [7, 11) is 0. The van der Waals surface area contributed by atoms with Gasteiger partial charge in [0.1, 0.15) is 23.3 Å². The zero-order valence-electron chi connectivity index (χ0n) is 47.2. The van der Waals surface area contributed by atoms with Crippen molar-refractivity contribution < 1.29 is 48.6 Å². The summed E-state index contributed by atoms with van der Waals surface area (Å²) in [5, 5.41) is 67.0. The molecule has 4 heterocycles. The van der Waals surface area contributed by atoms with Crippen LogP contribution in [0.2, 0.25) is 0 Å². The van der Waals surface area contributed by atoms with E-state index < -0.39 is 42.8 Å². The third kappa shape index (κ3) is 18.5. The van der Waals surface area contributed by atoms with Gasteiger partial charge < -0.3 is 40.9 Å². The van der Waals surface area contributed by atoms with Gasteiger partial charge in [0.05, 0.1) is 78.0 Å². The van der Waals surface area contributed by atoms with Crippen LogP contribution in [0, 0.1) is 11.6 Å². The van der Waals surface area contributed by atoms with E-state index in [0.29, 0.717) is 17.3 Å². The average molecular weight is 1160 g/mol. The van der Waals surface area contributed by atoms with Gasteiger partial charge in [0.2, 0.25) is 0 Å². The molecule has 83 heavy (non-hydrogen) atoms. The number of rotatable bonds is 25. The number of aliphatic carboxylic acids is 1. The Morgan fingerprint density at radius 2 is 0.988 bits per heavy atom. The number of anilines is 4. The zero-order chi connectivity index (χ0) is 58.7. The summed E-state index contributed by atoms with van der Waals surface area (Å²) in [5.41, 5.74) is 9.23. The number of nitrogens with one attached hydrogen (secondary N) is 2. The summed E-state index contributed by atoms with van der Waals surface area (Å²) >= 11 is 0. The van der Waals surface area contributed by atoms with E-state index in [-0.39, 0.29) is 87.1 Å². The summed E-state index contributed by atoms with van der Waals surface area (Å²) in [5.74, 6) is -0.996. The number of carbonyl (C=O) groups is 2. The molecule has 8 aromatic rings. The van der Waals surface area contributed by atoms with Gasteiger partial charge in [0.25, 0.3) is 0 Å². The third-order valence-corrected chi connectivity index (χ3v) is 13.5. The number of pyridine rings is 2. The summed E-state index contributed by atoms with van der Waals surface area (Å²) < 4.78 is 36.3. The SMILES string of the molecule is CCC(C)c1nn(-c2ccnc(Nc3ccccc3)c2)c(-c2ccc(F)cc2)c1/C=C/[C@@H](O)C[C@@H](O)CC(=O)O.CCOC(=O)C[C@H](O)C[C@H](O)/C=C/c1c(C(C)CC)nn(-c2ccnc(Nc3ccccc3)c2)c1-c1ccc(F)cc1.[Ca+2]. The van der Waals surface area contributed by atoms with E-state index in [1.165, 1.54) is 30.3 Å². The number of halogens is 2. The second kappa shape index (κ2) is 31.9. The van der Waals surface area contributed by atoms with Crippen LogP contribution < -0.4 is 10.6 Å². The third-order valence-electron chi connectivity index (χ3n) is 13.5. The molecule has 0 aliphatic heterocycles. The van der Waals surface area contributed by atoms with Gasteiger partial charge >= 0.3 is 49.7 Å². The number of esters is 1. The molecule has 0 aliphatic rings. The summed E-state index contributed by atoms with van der Waals surface area (Å²) in [6, 6.07) is 39.2. The molecule has 0 aliphatic carbocycles. The Morgan fingerprint density at radius 3 is 1.36 bits per heavy atom. The van der Waals surface area contributed by atoms with Crippen LogP contribution in [0.15, 0.2) is 158 Å². The van der Waals surface area contributed by atoms with E-state index in [2.05, 4.69) is 48.3 Å². The van der Waals surface area contributed by atoms with Crippen molar-refractivity contribution in [1.82, 2.24) is 29.5 Å². The number of aliphatic hydroxyl groups is 4. The van der Waals surface area contributed by atoms with Gasteiger partial charge in [-0.25, -0.2) is 28.1 Å². The molecule has 16 nitrogen and oxygen atoms in total. The van der Waals surface area contributed by atoms with Gasteiger partial charge in [-0.15, -0.1) is 0 Å². The second-order valence-electron chi connectivity index (χ2n) is 19.8. The number of carboxylic acid groups (broad SMARTS) is 1. The molecule has 0 saturated heterocycles. The van der Waals surface area contributed by atoms with E-state index in [1.54, 1.807) is 66.5 Å². The molecule has 8 rings (SSSR count). The van der Waals surface area contributed by atoms with E-state index in [1.807, 2.05) is 89.6 Å². The number of para-hydroxylation sites is 2. The number of aliphatic hydroxyl groups excluding tert-OH is 4. The molecule has 0 saturated carbocycles. The predicted octanol–water partition coefficient (Wildman–Crippen LogP) is 12.0. The van der Waals surface area contributed by atoms with Gasteiger partial charge in [-0.2, -0.15) is 10.2 Å². The average Bonchev–Trinajstić information content (AvgIpc) is 4.19. The number of aromatic nitrogens is 6. The van der Waals surface area contributed by atoms with Gasteiger partial charge in [0.15, 0.2) is 0 Å². The van der Waals surface area contributed by atoms with Crippen LogP contribution in [0.5, 0.6) is 0 Å². The molecular weight excluding hydrogens is 1090 g/mol. The van der Waals surface area contributed by atoms with Crippen LogP contribution in [0.25, 0.3) is 46.0 Å². The zero-order valence-corrected chi connectivity index (χ0v) is 49.4. The van der Waals surface area contributed by atoms with Crippen molar-refractivity contribution in [3.05, 3.63) is 192 Å². The number of hydrogen-bond donors (Lipinski definition) is 7. The molecule has 19 heteroatoms. The molecule has 0 bridgehead atoms. The van der Waals surface area contributed by atoms with Crippen molar-refractivity contribution in [2.45, 2.75) is 109 Å². The fourth-order valence-electron chi connectivity index (χ4n) is 8.97. The van der Waals surface area contributed by atoms with Crippen molar-refractivity contribution in [3.63, 3.8) is 0 Å². The first kappa shape index (κ1) is 64.7. The van der Waals surface area contributed by atoms with Gasteiger partial charge in [-0.05, 0) is 105 Å². The minimum Gasteiger partial charge on any atom is -0.481 e. The largest absolute Gasteiger partial charge is 2.00 e. The Kier molecular flexibility index (Phi) is 24.9. The van der Waals surface area contributed by atoms with Gasteiger partial charge in [0, 0.05) is 82.8 Å². The quantitative estimate of drug-likeness (QED) is 0.0209. The van der Waals surface area contributed by atoms with Crippen LogP contribution in [0.1, 0.15) is 107 Å². The Morgan fingerprint density at radius 1 is 0.590 bits per heavy atom. The normalized spacial score (nSPS) is 13.5. The Balaban J connectivity index is 0.000000264. The van der Waals surface area contributed by atoms with Crippen molar-refractivity contribution in [2.75, 3.05) is 17.2 Å². The van der Waals surface area contributed by atoms with Gasteiger partial charge in [-0.1, -0.05) is 88.4 Å². The number of carbonyl (C=O) groups excluding carboxylic acids is 1. The molecule has 0 radical (unpaired) electrons. The smallest absolute Gasteiger partial charge is 0.481 e. The topological polar surface area (TPSA) is 230 Å². The van der Waals surface area contributed by atoms with Crippen molar-refractivity contribution in [1.29, 1.82) is 0 Å². The Bertz CT molecular complexity index is 3400. The van der Waals surface area contributed by atoms with Crippen molar-refractivity contribution in [2.24, 2.45) is 0 Å². The van der Waals surface area contributed by atoms with Crippen LogP contribution in [0.3, 0.4) is 0 Å². The summed E-state index contributed by atoms with van der Waals surface area (Å²) in [6.45, 7) is 10.2. The molecule has 7 N–H and O–H groups in total. The Labute approximate surface area is 512 Å². The molecule has 0 fully saturated rings. The van der Waals surface area contributed by atoms with Crippen molar-refractivity contribution >= 4 is 84.8 Å². The molecule has 0 spiro atoms. The molecule has 2 unspecified atom stereocenters. The summed E-state index contributed by atoms with van der Waals surface area (Å²) in [6.07, 6.45) is 6.50. The van der Waals surface area contributed by atoms with E-state index >= 15 is 0 Å². The van der Waals surface area contributed by atoms with Crippen LogP contribution >= 0.6 is 0 Å². The number of ether oxygens (including phenoxy) is 1. The molecule has 428 valence electrons. The molecular formula is C64H70CaF2N8O8+2. The molecule has 0 amide bonds. The first-order chi connectivity index (χ1) is 39.5. The minimum atomic E-state index is -1.18. The molecule has 6 atom stereocenters. The van der Waals surface area contributed by atoms with E-state index in [9.17, 15) is 38.8 Å². The van der Waals surface area contributed by atoms with Crippen LogP contribution in [-0.4, -0.2) is 136 Å². The first-order valence-corrected chi connectivity index (χ1v) is 27.3. The number of hydrogen-bond acceptors (Lipinski definition) is 13. The molecule has 4 aromatic carbocycles. The maximum atomic E-state index is 13.9. The molecule has 4 aromatic heterocycles. The Hall–Kier alpha value is -7.42. The van der Waals surface area contributed by atoms with E-state index in [4.69, 9.17) is 20.0 Å².